The van der Waals surface area contributed by atoms with Crippen LogP contribution in [0.15, 0.2) is 24.3 Å². The molecule has 2 nitrogen and oxygen atoms in total. The van der Waals surface area contributed by atoms with Crippen molar-refractivity contribution in [2.75, 3.05) is 13.1 Å². The van der Waals surface area contributed by atoms with Gasteiger partial charge in [-0.25, -0.2) is 0 Å². The summed E-state index contributed by atoms with van der Waals surface area (Å²) in [6.45, 7) is 2.33. The van der Waals surface area contributed by atoms with Crippen LogP contribution >= 0.6 is 11.6 Å². The summed E-state index contributed by atoms with van der Waals surface area (Å²) in [5.41, 5.74) is 0.567. The SMILES string of the molecule is Clc1ccccc1OC1CC2(CCNCC2)C1. The monoisotopic (exact) mass is 251 g/mol. The lowest BCUT2D eigenvalue weighted by Gasteiger charge is -2.49. The minimum atomic E-state index is 0.369. The highest BCUT2D eigenvalue weighted by atomic mass is 35.5. The summed E-state index contributed by atoms with van der Waals surface area (Å²) in [5, 5.41) is 4.14. The molecule has 0 aromatic heterocycles. The number of nitrogens with one attached hydrogen (secondary N) is 1. The number of ether oxygens (including phenoxy) is 1. The van der Waals surface area contributed by atoms with Crippen LogP contribution < -0.4 is 10.1 Å². The number of halogens is 1. The summed E-state index contributed by atoms with van der Waals surface area (Å²) in [5.74, 6) is 0.836. The van der Waals surface area contributed by atoms with Gasteiger partial charge < -0.3 is 10.1 Å². The third-order valence-corrected chi connectivity index (χ3v) is 4.43. The summed E-state index contributed by atoms with van der Waals surface area (Å²) in [4.78, 5) is 0. The van der Waals surface area contributed by atoms with Crippen molar-refractivity contribution in [2.24, 2.45) is 5.41 Å². The van der Waals surface area contributed by atoms with E-state index in [2.05, 4.69) is 5.32 Å². The maximum absolute atomic E-state index is 6.09. The van der Waals surface area contributed by atoms with Gasteiger partial charge in [0.15, 0.2) is 0 Å². The number of rotatable bonds is 2. The summed E-state index contributed by atoms with van der Waals surface area (Å²) < 4.78 is 5.96. The number of piperidine rings is 1. The molecule has 1 aliphatic carbocycles. The van der Waals surface area contributed by atoms with Crippen LogP contribution in [0.1, 0.15) is 25.7 Å². The Morgan fingerprint density at radius 2 is 1.88 bits per heavy atom. The van der Waals surface area contributed by atoms with Gasteiger partial charge in [-0.15, -0.1) is 0 Å². The van der Waals surface area contributed by atoms with Crippen LogP contribution in [-0.2, 0) is 0 Å². The lowest BCUT2D eigenvalue weighted by molar-refractivity contribution is -0.0347. The van der Waals surface area contributed by atoms with Gasteiger partial charge in [-0.1, -0.05) is 23.7 Å². The molecule has 1 aromatic rings. The van der Waals surface area contributed by atoms with E-state index in [0.717, 1.165) is 10.8 Å². The lowest BCUT2D eigenvalue weighted by Crippen LogP contribution is -2.49. The molecule has 1 heterocycles. The number of hydrogen-bond acceptors (Lipinski definition) is 2. The van der Waals surface area contributed by atoms with E-state index in [0.29, 0.717) is 11.5 Å². The molecule has 3 rings (SSSR count). The van der Waals surface area contributed by atoms with Crippen molar-refractivity contribution in [3.63, 3.8) is 0 Å². The van der Waals surface area contributed by atoms with Crippen LogP contribution in [-0.4, -0.2) is 19.2 Å². The second kappa shape index (κ2) is 4.51. The van der Waals surface area contributed by atoms with Crippen LogP contribution in [0.2, 0.25) is 5.02 Å². The molecule has 1 spiro atoms. The molecule has 1 N–H and O–H groups in total. The van der Waals surface area contributed by atoms with Gasteiger partial charge in [0, 0.05) is 0 Å². The van der Waals surface area contributed by atoms with Crippen LogP contribution in [0.4, 0.5) is 0 Å². The van der Waals surface area contributed by atoms with Crippen molar-refractivity contribution < 1.29 is 4.74 Å². The Kier molecular flexibility index (Phi) is 3.01. The van der Waals surface area contributed by atoms with Gasteiger partial charge in [0.05, 0.1) is 11.1 Å². The Labute approximate surface area is 107 Å². The van der Waals surface area contributed by atoms with Crippen LogP contribution in [0, 0.1) is 5.41 Å². The molecule has 1 aromatic carbocycles. The predicted octanol–water partition coefficient (Wildman–Crippen LogP) is 3.25. The summed E-state index contributed by atoms with van der Waals surface area (Å²) in [6, 6.07) is 7.75. The van der Waals surface area contributed by atoms with Gasteiger partial charge in [0.25, 0.3) is 0 Å². The zero-order valence-corrected chi connectivity index (χ0v) is 10.7. The molecular weight excluding hydrogens is 234 g/mol. The Morgan fingerprint density at radius 3 is 2.59 bits per heavy atom. The highest BCUT2D eigenvalue weighted by Crippen LogP contribution is 2.49. The van der Waals surface area contributed by atoms with E-state index < -0.39 is 0 Å². The predicted molar refractivity (Wildman–Crippen MR) is 69.6 cm³/mol. The van der Waals surface area contributed by atoms with Gasteiger partial charge in [-0.05, 0) is 56.3 Å². The van der Waals surface area contributed by atoms with Crippen molar-refractivity contribution in [3.05, 3.63) is 29.3 Å². The van der Waals surface area contributed by atoms with Crippen molar-refractivity contribution in [1.82, 2.24) is 5.32 Å². The van der Waals surface area contributed by atoms with Crippen LogP contribution in [0.25, 0.3) is 0 Å². The van der Waals surface area contributed by atoms with E-state index in [1.165, 1.54) is 38.8 Å². The fourth-order valence-corrected chi connectivity index (χ4v) is 3.25. The van der Waals surface area contributed by atoms with Crippen molar-refractivity contribution in [1.29, 1.82) is 0 Å². The zero-order valence-electron chi connectivity index (χ0n) is 9.92. The van der Waals surface area contributed by atoms with Crippen molar-refractivity contribution in [3.8, 4) is 5.75 Å². The molecule has 2 aliphatic rings. The first-order valence-corrected chi connectivity index (χ1v) is 6.77. The van der Waals surface area contributed by atoms with Crippen LogP contribution in [0.3, 0.4) is 0 Å². The molecule has 1 aliphatic heterocycles. The average Bonchev–Trinajstić information content (AvgIpc) is 2.31. The van der Waals surface area contributed by atoms with Crippen molar-refractivity contribution >= 4 is 11.6 Å². The first kappa shape index (κ1) is 11.4. The van der Waals surface area contributed by atoms with E-state index in [1.54, 1.807) is 0 Å². The second-order valence-corrected chi connectivity index (χ2v) is 5.74. The topological polar surface area (TPSA) is 21.3 Å². The highest BCUT2D eigenvalue weighted by molar-refractivity contribution is 6.32. The molecule has 17 heavy (non-hydrogen) atoms. The molecule has 2 fully saturated rings. The molecular formula is C14H18ClNO. The minimum absolute atomic E-state index is 0.369. The van der Waals surface area contributed by atoms with E-state index in [-0.39, 0.29) is 0 Å². The van der Waals surface area contributed by atoms with Gasteiger partial charge in [-0.3, -0.25) is 0 Å². The summed E-state index contributed by atoms with van der Waals surface area (Å²) in [6.07, 6.45) is 5.36. The molecule has 0 bridgehead atoms. The van der Waals surface area contributed by atoms with Gasteiger partial charge in [-0.2, -0.15) is 0 Å². The van der Waals surface area contributed by atoms with Crippen molar-refractivity contribution in [2.45, 2.75) is 31.8 Å². The zero-order chi connectivity index (χ0) is 11.7. The lowest BCUT2D eigenvalue weighted by atomic mass is 9.62. The molecule has 1 saturated carbocycles. The Bertz CT molecular complexity index is 393. The average molecular weight is 252 g/mol. The third kappa shape index (κ3) is 2.29. The Morgan fingerprint density at radius 1 is 1.18 bits per heavy atom. The quantitative estimate of drug-likeness (QED) is 0.871. The van der Waals surface area contributed by atoms with Gasteiger partial charge >= 0.3 is 0 Å². The molecule has 0 unspecified atom stereocenters. The molecule has 0 atom stereocenters. The van der Waals surface area contributed by atoms with E-state index >= 15 is 0 Å². The van der Waals surface area contributed by atoms with E-state index in [1.807, 2.05) is 24.3 Å². The smallest absolute Gasteiger partial charge is 0.138 e. The Balaban J connectivity index is 1.58. The van der Waals surface area contributed by atoms with E-state index in [4.69, 9.17) is 16.3 Å². The fourth-order valence-electron chi connectivity index (χ4n) is 3.07. The fraction of sp³-hybridized carbons (Fsp3) is 0.571. The highest BCUT2D eigenvalue weighted by Gasteiger charge is 2.45. The molecule has 0 amide bonds. The largest absolute Gasteiger partial charge is 0.489 e. The first-order valence-electron chi connectivity index (χ1n) is 6.39. The third-order valence-electron chi connectivity index (χ3n) is 4.12. The normalized spacial score (nSPS) is 23.4. The number of para-hydroxylation sites is 1. The van der Waals surface area contributed by atoms with Crippen LogP contribution in [0.5, 0.6) is 5.75 Å². The summed E-state index contributed by atoms with van der Waals surface area (Å²) >= 11 is 6.09. The summed E-state index contributed by atoms with van der Waals surface area (Å²) in [7, 11) is 0. The van der Waals surface area contributed by atoms with Gasteiger partial charge in [0.1, 0.15) is 5.75 Å². The first-order chi connectivity index (χ1) is 8.27. The number of benzene rings is 1. The second-order valence-electron chi connectivity index (χ2n) is 5.33. The van der Waals surface area contributed by atoms with Gasteiger partial charge in [0.2, 0.25) is 0 Å². The maximum Gasteiger partial charge on any atom is 0.138 e. The number of hydrogen-bond donors (Lipinski definition) is 1. The van der Waals surface area contributed by atoms with E-state index in [9.17, 15) is 0 Å². The molecule has 1 saturated heterocycles. The maximum atomic E-state index is 6.09. The molecule has 0 radical (unpaired) electrons. The Hall–Kier alpha value is -0.730. The minimum Gasteiger partial charge on any atom is -0.489 e. The standard InChI is InChI=1S/C14H18ClNO/c15-12-3-1-2-4-13(12)17-11-9-14(10-11)5-7-16-8-6-14/h1-4,11,16H,5-10H2. The molecule has 3 heteroatoms. The molecule has 92 valence electrons.